The number of ketones is 1. The van der Waals surface area contributed by atoms with Crippen LogP contribution in [0, 0.1) is 3.57 Å². The number of Topliss-reactive ketones (excluding diaryl/α,β-unsaturated/α-hetero) is 1. The van der Waals surface area contributed by atoms with Crippen LogP contribution in [0.2, 0.25) is 0 Å². The molecule has 6 heteroatoms. The highest BCUT2D eigenvalue weighted by atomic mass is 127. The van der Waals surface area contributed by atoms with Gasteiger partial charge in [-0.25, -0.2) is 0 Å². The van der Waals surface area contributed by atoms with Crippen LogP contribution in [0.1, 0.15) is 27.9 Å². The number of carbonyl (C=O) groups is 1. The number of halogens is 4. The second-order valence-corrected chi connectivity index (χ2v) is 7.73. The van der Waals surface area contributed by atoms with Crippen molar-refractivity contribution in [2.75, 3.05) is 5.75 Å². The maximum absolute atomic E-state index is 12.8. The Kier molecular flexibility index (Phi) is 4.73. The van der Waals surface area contributed by atoms with E-state index in [1.807, 2.05) is 24.3 Å². The zero-order valence-electron chi connectivity index (χ0n) is 11.8. The Morgan fingerprint density at radius 1 is 1.04 bits per heavy atom. The minimum atomic E-state index is -4.39. The molecule has 1 saturated heterocycles. The summed E-state index contributed by atoms with van der Waals surface area (Å²) in [4.78, 5) is 12.7. The summed E-state index contributed by atoms with van der Waals surface area (Å²) in [6, 6.07) is 12.8. The Morgan fingerprint density at radius 3 is 2.43 bits per heavy atom. The summed E-state index contributed by atoms with van der Waals surface area (Å²) in [6.07, 6.45) is -4.39. The number of carbonyl (C=O) groups excluding carboxylic acids is 1. The van der Waals surface area contributed by atoms with Gasteiger partial charge in [0.25, 0.3) is 0 Å². The first-order valence-electron chi connectivity index (χ1n) is 6.94. The Labute approximate surface area is 149 Å². The van der Waals surface area contributed by atoms with Crippen molar-refractivity contribution in [3.8, 4) is 0 Å². The summed E-state index contributed by atoms with van der Waals surface area (Å²) in [7, 11) is 0. The fourth-order valence-corrected chi connectivity index (χ4v) is 4.64. The van der Waals surface area contributed by atoms with Crippen molar-refractivity contribution in [2.24, 2.45) is 0 Å². The first kappa shape index (κ1) is 16.8. The lowest BCUT2D eigenvalue weighted by molar-refractivity contribution is -0.137. The summed E-state index contributed by atoms with van der Waals surface area (Å²) >= 11 is 3.68. The first-order valence-corrected chi connectivity index (χ1v) is 9.07. The average molecular weight is 448 g/mol. The summed E-state index contributed by atoms with van der Waals surface area (Å²) in [5.41, 5.74) is 0.664. The SMILES string of the molecule is O=C1C(c2cccc(C(F)(F)F)c2)CSC1c1cccc(I)c1. The highest BCUT2D eigenvalue weighted by Gasteiger charge is 2.38. The number of hydrogen-bond donors (Lipinski definition) is 0. The van der Waals surface area contributed by atoms with Crippen LogP contribution < -0.4 is 0 Å². The lowest BCUT2D eigenvalue weighted by Crippen LogP contribution is -2.14. The third-order valence-electron chi connectivity index (χ3n) is 3.80. The van der Waals surface area contributed by atoms with Gasteiger partial charge in [0.15, 0.2) is 5.78 Å². The van der Waals surface area contributed by atoms with Crippen molar-refractivity contribution in [1.29, 1.82) is 0 Å². The number of alkyl halides is 3. The van der Waals surface area contributed by atoms with Crippen LogP contribution in [-0.4, -0.2) is 11.5 Å². The number of rotatable bonds is 2. The molecule has 0 spiro atoms. The summed E-state index contributed by atoms with van der Waals surface area (Å²) in [5, 5.41) is -0.302. The molecule has 1 nitrogen and oxygen atoms in total. The molecule has 2 atom stereocenters. The van der Waals surface area contributed by atoms with Crippen molar-refractivity contribution >= 4 is 40.1 Å². The fourth-order valence-electron chi connectivity index (χ4n) is 2.66. The summed E-state index contributed by atoms with van der Waals surface area (Å²) in [6.45, 7) is 0. The van der Waals surface area contributed by atoms with Crippen molar-refractivity contribution < 1.29 is 18.0 Å². The molecule has 0 radical (unpaired) electrons. The molecule has 3 rings (SSSR count). The Hall–Kier alpha value is -1.02. The largest absolute Gasteiger partial charge is 0.416 e. The Bertz CT molecular complexity index is 745. The molecule has 0 saturated carbocycles. The molecule has 1 aliphatic heterocycles. The van der Waals surface area contributed by atoms with Crippen LogP contribution in [0.3, 0.4) is 0 Å². The lowest BCUT2D eigenvalue weighted by Gasteiger charge is -2.13. The van der Waals surface area contributed by atoms with Gasteiger partial charge in [0.1, 0.15) is 0 Å². The van der Waals surface area contributed by atoms with E-state index in [1.165, 1.54) is 17.8 Å². The van der Waals surface area contributed by atoms with Crippen molar-refractivity contribution in [3.63, 3.8) is 0 Å². The number of thioether (sulfide) groups is 1. The highest BCUT2D eigenvalue weighted by Crippen LogP contribution is 2.45. The minimum Gasteiger partial charge on any atom is -0.297 e. The third-order valence-corrected chi connectivity index (χ3v) is 5.83. The van der Waals surface area contributed by atoms with Crippen LogP contribution >= 0.6 is 34.4 Å². The maximum Gasteiger partial charge on any atom is 0.416 e. The van der Waals surface area contributed by atoms with Crippen LogP contribution in [0.15, 0.2) is 48.5 Å². The topological polar surface area (TPSA) is 17.1 Å². The van der Waals surface area contributed by atoms with E-state index >= 15 is 0 Å². The van der Waals surface area contributed by atoms with Gasteiger partial charge in [-0.3, -0.25) is 4.79 Å². The van der Waals surface area contributed by atoms with Gasteiger partial charge in [-0.05, 0) is 51.9 Å². The molecule has 0 bridgehead atoms. The summed E-state index contributed by atoms with van der Waals surface area (Å²) in [5.74, 6) is 0.0116. The molecule has 1 heterocycles. The van der Waals surface area contributed by atoms with Crippen LogP contribution in [0.5, 0.6) is 0 Å². The van der Waals surface area contributed by atoms with Gasteiger partial charge in [-0.2, -0.15) is 13.2 Å². The fraction of sp³-hybridized carbons (Fsp3) is 0.235. The predicted octanol–water partition coefficient (Wildman–Crippen LogP) is 5.45. The Morgan fingerprint density at radius 2 is 1.74 bits per heavy atom. The number of benzene rings is 2. The zero-order chi connectivity index (χ0) is 16.6. The first-order chi connectivity index (χ1) is 10.9. The molecule has 1 aliphatic rings. The highest BCUT2D eigenvalue weighted by molar-refractivity contribution is 14.1. The third kappa shape index (κ3) is 3.57. The second kappa shape index (κ2) is 6.47. The van der Waals surface area contributed by atoms with Crippen molar-refractivity contribution in [1.82, 2.24) is 0 Å². The quantitative estimate of drug-likeness (QED) is 0.569. The molecule has 2 aromatic carbocycles. The van der Waals surface area contributed by atoms with E-state index < -0.39 is 17.7 Å². The zero-order valence-corrected chi connectivity index (χ0v) is 14.8. The van der Waals surface area contributed by atoms with Crippen LogP contribution in [0.4, 0.5) is 13.2 Å². The van der Waals surface area contributed by atoms with E-state index in [9.17, 15) is 18.0 Å². The van der Waals surface area contributed by atoms with Gasteiger partial charge in [0.2, 0.25) is 0 Å². The van der Waals surface area contributed by atoms with E-state index in [0.29, 0.717) is 11.3 Å². The smallest absolute Gasteiger partial charge is 0.297 e. The van der Waals surface area contributed by atoms with Crippen molar-refractivity contribution in [2.45, 2.75) is 17.3 Å². The predicted molar refractivity (Wildman–Crippen MR) is 93.6 cm³/mol. The molecule has 2 aromatic rings. The average Bonchev–Trinajstić information content (AvgIpc) is 2.88. The molecule has 0 amide bonds. The lowest BCUT2D eigenvalue weighted by atomic mass is 9.91. The molecule has 23 heavy (non-hydrogen) atoms. The van der Waals surface area contributed by atoms with E-state index in [-0.39, 0.29) is 11.0 Å². The van der Waals surface area contributed by atoms with E-state index in [4.69, 9.17) is 0 Å². The Balaban J connectivity index is 1.88. The molecular formula is C17H12F3IOS. The van der Waals surface area contributed by atoms with E-state index in [1.54, 1.807) is 6.07 Å². The van der Waals surface area contributed by atoms with Crippen LogP contribution in [0.25, 0.3) is 0 Å². The van der Waals surface area contributed by atoms with E-state index in [2.05, 4.69) is 22.6 Å². The van der Waals surface area contributed by atoms with Gasteiger partial charge in [0, 0.05) is 9.32 Å². The number of hydrogen-bond acceptors (Lipinski definition) is 2. The van der Waals surface area contributed by atoms with Gasteiger partial charge in [-0.1, -0.05) is 30.3 Å². The standard InChI is InChI=1S/C17H12F3IOS/c18-17(19,20)12-5-1-3-10(7-12)14-9-23-16(15(14)22)11-4-2-6-13(21)8-11/h1-8,14,16H,9H2. The monoisotopic (exact) mass is 448 g/mol. The normalized spacial score (nSPS) is 21.7. The minimum absolute atomic E-state index is 0.0173. The van der Waals surface area contributed by atoms with E-state index in [0.717, 1.165) is 21.3 Å². The van der Waals surface area contributed by atoms with Crippen molar-refractivity contribution in [3.05, 3.63) is 68.8 Å². The van der Waals surface area contributed by atoms with Gasteiger partial charge in [-0.15, -0.1) is 11.8 Å². The molecule has 1 fully saturated rings. The molecule has 120 valence electrons. The van der Waals surface area contributed by atoms with Crippen LogP contribution in [-0.2, 0) is 11.0 Å². The van der Waals surface area contributed by atoms with Gasteiger partial charge < -0.3 is 0 Å². The molecule has 2 unspecified atom stereocenters. The molecular weight excluding hydrogens is 436 g/mol. The molecule has 0 aromatic heterocycles. The van der Waals surface area contributed by atoms with Gasteiger partial charge in [0.05, 0.1) is 16.7 Å². The molecule has 0 N–H and O–H groups in total. The second-order valence-electron chi connectivity index (χ2n) is 5.35. The maximum atomic E-state index is 12.8. The van der Waals surface area contributed by atoms with Gasteiger partial charge >= 0.3 is 6.18 Å². The summed E-state index contributed by atoms with van der Waals surface area (Å²) < 4.78 is 39.6. The molecule has 0 aliphatic carbocycles.